The van der Waals surface area contributed by atoms with E-state index in [4.69, 9.17) is 11.6 Å². The number of hydrogen-bond acceptors (Lipinski definition) is 7. The van der Waals surface area contributed by atoms with Crippen molar-refractivity contribution in [2.75, 3.05) is 11.1 Å². The van der Waals surface area contributed by atoms with E-state index in [9.17, 15) is 9.59 Å². The SMILES string of the molecule is O=C(CSc1nnc(C(=O)Nc2ccc(Cl)cc2)s1)NCc1cccs1. The fourth-order valence-corrected chi connectivity index (χ4v) is 4.20. The van der Waals surface area contributed by atoms with Gasteiger partial charge < -0.3 is 10.6 Å². The highest BCUT2D eigenvalue weighted by molar-refractivity contribution is 8.01. The average Bonchev–Trinajstić information content (AvgIpc) is 3.32. The number of nitrogens with zero attached hydrogens (tertiary/aromatic N) is 2. The molecule has 0 aliphatic rings. The van der Waals surface area contributed by atoms with Gasteiger partial charge in [0.1, 0.15) is 0 Å². The van der Waals surface area contributed by atoms with Gasteiger partial charge in [-0.3, -0.25) is 9.59 Å². The van der Waals surface area contributed by atoms with E-state index in [0.717, 1.165) is 16.2 Å². The molecule has 3 aromatic rings. The predicted octanol–water partition coefficient (Wildman–Crippen LogP) is 3.91. The van der Waals surface area contributed by atoms with Gasteiger partial charge in [0.05, 0.1) is 12.3 Å². The lowest BCUT2D eigenvalue weighted by molar-refractivity contribution is -0.118. The zero-order chi connectivity index (χ0) is 18.4. The summed E-state index contributed by atoms with van der Waals surface area (Å²) in [5.74, 6) is -0.219. The Kier molecular flexibility index (Phi) is 6.62. The summed E-state index contributed by atoms with van der Waals surface area (Å²) in [6.45, 7) is 0.516. The van der Waals surface area contributed by atoms with Crippen LogP contribution in [0.2, 0.25) is 5.02 Å². The molecule has 26 heavy (non-hydrogen) atoms. The summed E-state index contributed by atoms with van der Waals surface area (Å²) in [6, 6.07) is 10.7. The van der Waals surface area contributed by atoms with Gasteiger partial charge in [-0.15, -0.1) is 21.5 Å². The van der Waals surface area contributed by atoms with Crippen molar-refractivity contribution in [3.05, 3.63) is 56.7 Å². The van der Waals surface area contributed by atoms with E-state index < -0.39 is 0 Å². The first kappa shape index (κ1) is 18.8. The molecule has 0 fully saturated rings. The number of thiophene rings is 1. The van der Waals surface area contributed by atoms with Crippen molar-refractivity contribution < 1.29 is 9.59 Å². The number of thioether (sulfide) groups is 1. The van der Waals surface area contributed by atoms with Crippen molar-refractivity contribution in [2.24, 2.45) is 0 Å². The quantitative estimate of drug-likeness (QED) is 0.561. The molecule has 2 aromatic heterocycles. The van der Waals surface area contributed by atoms with Gasteiger partial charge in [-0.2, -0.15) is 0 Å². The van der Waals surface area contributed by atoms with Crippen LogP contribution in [0.15, 0.2) is 46.1 Å². The third-order valence-corrected chi connectivity index (χ3v) is 6.25. The molecule has 10 heteroatoms. The second-order valence-corrected chi connectivity index (χ2v) is 8.65. The number of nitrogens with one attached hydrogen (secondary N) is 2. The number of benzene rings is 1. The normalized spacial score (nSPS) is 10.5. The zero-order valence-electron chi connectivity index (χ0n) is 13.3. The highest BCUT2D eigenvalue weighted by atomic mass is 35.5. The molecule has 0 unspecified atom stereocenters. The number of halogens is 1. The zero-order valence-corrected chi connectivity index (χ0v) is 16.5. The molecule has 0 bridgehead atoms. The van der Waals surface area contributed by atoms with E-state index in [1.165, 1.54) is 11.8 Å². The fraction of sp³-hybridized carbons (Fsp3) is 0.125. The molecule has 0 aliphatic carbocycles. The third kappa shape index (κ3) is 5.53. The monoisotopic (exact) mass is 424 g/mol. The first-order valence-corrected chi connectivity index (χ1v) is 10.5. The van der Waals surface area contributed by atoms with Crippen molar-refractivity contribution in [3.63, 3.8) is 0 Å². The number of hydrogen-bond donors (Lipinski definition) is 2. The number of aromatic nitrogens is 2. The van der Waals surface area contributed by atoms with Gasteiger partial charge in [-0.25, -0.2) is 0 Å². The Labute approximate surface area is 167 Å². The number of carbonyl (C=O) groups is 2. The Morgan fingerprint density at radius 1 is 1.15 bits per heavy atom. The number of anilines is 1. The van der Waals surface area contributed by atoms with Crippen molar-refractivity contribution >= 4 is 63.5 Å². The van der Waals surface area contributed by atoms with Gasteiger partial charge in [-0.1, -0.05) is 40.8 Å². The second kappa shape index (κ2) is 9.13. The maximum atomic E-state index is 12.2. The van der Waals surface area contributed by atoms with Crippen LogP contribution in [0.5, 0.6) is 0 Å². The molecule has 2 N–H and O–H groups in total. The molecule has 1 aromatic carbocycles. The molecule has 0 radical (unpaired) electrons. The van der Waals surface area contributed by atoms with Crippen LogP contribution < -0.4 is 10.6 Å². The van der Waals surface area contributed by atoms with Crippen molar-refractivity contribution in [2.45, 2.75) is 10.9 Å². The van der Waals surface area contributed by atoms with Crippen molar-refractivity contribution in [3.8, 4) is 0 Å². The molecule has 2 heterocycles. The first-order valence-electron chi connectivity index (χ1n) is 7.42. The van der Waals surface area contributed by atoms with E-state index in [1.54, 1.807) is 35.6 Å². The summed E-state index contributed by atoms with van der Waals surface area (Å²) in [5.41, 5.74) is 0.622. The van der Waals surface area contributed by atoms with Gasteiger partial charge >= 0.3 is 0 Å². The smallest absolute Gasteiger partial charge is 0.286 e. The summed E-state index contributed by atoms with van der Waals surface area (Å²) in [7, 11) is 0. The highest BCUT2D eigenvalue weighted by Gasteiger charge is 2.14. The lowest BCUT2D eigenvalue weighted by atomic mass is 10.3. The van der Waals surface area contributed by atoms with Crippen LogP contribution in [0.25, 0.3) is 0 Å². The Morgan fingerprint density at radius 2 is 1.96 bits per heavy atom. The molecular formula is C16H13ClN4O2S3. The van der Waals surface area contributed by atoms with E-state index in [2.05, 4.69) is 20.8 Å². The molecule has 0 saturated carbocycles. The number of carbonyl (C=O) groups excluding carboxylic acids is 2. The van der Waals surface area contributed by atoms with Crippen LogP contribution in [-0.4, -0.2) is 27.8 Å². The fourth-order valence-electron chi connectivity index (χ4n) is 1.85. The topological polar surface area (TPSA) is 84.0 Å². The van der Waals surface area contributed by atoms with Crippen molar-refractivity contribution in [1.82, 2.24) is 15.5 Å². The summed E-state index contributed by atoms with van der Waals surface area (Å²) in [4.78, 5) is 25.1. The summed E-state index contributed by atoms with van der Waals surface area (Å²) < 4.78 is 0.567. The van der Waals surface area contributed by atoms with E-state index in [-0.39, 0.29) is 22.6 Å². The Hall–Kier alpha value is -1.94. The lowest BCUT2D eigenvalue weighted by Gasteiger charge is -2.02. The summed E-state index contributed by atoms with van der Waals surface area (Å²) in [6.07, 6.45) is 0. The number of amides is 2. The van der Waals surface area contributed by atoms with E-state index in [1.807, 2.05) is 17.5 Å². The minimum absolute atomic E-state index is 0.0919. The van der Waals surface area contributed by atoms with Gasteiger partial charge in [0.2, 0.25) is 10.9 Å². The maximum absolute atomic E-state index is 12.2. The van der Waals surface area contributed by atoms with Crippen LogP contribution in [-0.2, 0) is 11.3 Å². The Bertz CT molecular complexity index is 881. The molecule has 3 rings (SSSR count). The van der Waals surface area contributed by atoms with E-state index in [0.29, 0.717) is 21.6 Å². The molecule has 0 aliphatic heterocycles. The second-order valence-electron chi connectivity index (χ2n) is 4.98. The number of rotatable bonds is 7. The largest absolute Gasteiger partial charge is 0.350 e. The van der Waals surface area contributed by atoms with Crippen LogP contribution in [0.4, 0.5) is 5.69 Å². The lowest BCUT2D eigenvalue weighted by Crippen LogP contribution is -2.24. The minimum Gasteiger partial charge on any atom is -0.350 e. The molecule has 134 valence electrons. The molecule has 0 spiro atoms. The van der Waals surface area contributed by atoms with Crippen LogP contribution in [0, 0.1) is 0 Å². The predicted molar refractivity (Wildman–Crippen MR) is 106 cm³/mol. The summed E-state index contributed by atoms with van der Waals surface area (Å²) >= 11 is 9.80. The van der Waals surface area contributed by atoms with Crippen LogP contribution >= 0.6 is 46.0 Å². The van der Waals surface area contributed by atoms with Crippen LogP contribution in [0.3, 0.4) is 0 Å². The Morgan fingerprint density at radius 3 is 2.69 bits per heavy atom. The first-order chi connectivity index (χ1) is 12.6. The minimum atomic E-state index is -0.348. The molecule has 0 saturated heterocycles. The van der Waals surface area contributed by atoms with Crippen molar-refractivity contribution in [1.29, 1.82) is 0 Å². The molecule has 2 amide bonds. The maximum Gasteiger partial charge on any atom is 0.286 e. The van der Waals surface area contributed by atoms with Gasteiger partial charge in [0, 0.05) is 15.6 Å². The van der Waals surface area contributed by atoms with Crippen LogP contribution in [0.1, 0.15) is 14.7 Å². The standard InChI is InChI=1S/C16H13ClN4O2S3/c17-10-3-5-11(6-4-10)19-14(23)15-20-21-16(26-15)25-9-13(22)18-8-12-2-1-7-24-12/h1-7H,8-9H2,(H,18,22)(H,19,23). The highest BCUT2D eigenvalue weighted by Crippen LogP contribution is 2.23. The molecule has 0 atom stereocenters. The van der Waals surface area contributed by atoms with Gasteiger partial charge in [0.15, 0.2) is 4.34 Å². The van der Waals surface area contributed by atoms with Gasteiger partial charge in [-0.05, 0) is 35.7 Å². The molecule has 6 nitrogen and oxygen atoms in total. The molecular weight excluding hydrogens is 412 g/mol. The Balaban J connectivity index is 1.47. The third-order valence-electron chi connectivity index (χ3n) is 3.07. The average molecular weight is 425 g/mol. The summed E-state index contributed by atoms with van der Waals surface area (Å²) in [5, 5.41) is 16.2. The van der Waals surface area contributed by atoms with E-state index >= 15 is 0 Å². The van der Waals surface area contributed by atoms with Gasteiger partial charge in [0.25, 0.3) is 5.91 Å².